The molecule has 0 bridgehead atoms. The van der Waals surface area contributed by atoms with E-state index >= 15 is 0 Å². The van der Waals surface area contributed by atoms with Crippen LogP contribution in [0.5, 0.6) is 5.75 Å². The van der Waals surface area contributed by atoms with E-state index < -0.39 is 12.4 Å². The summed E-state index contributed by atoms with van der Waals surface area (Å²) in [5, 5.41) is 1.12. The molecule has 0 spiro atoms. The first kappa shape index (κ1) is 34.3. The predicted molar refractivity (Wildman–Crippen MR) is 177 cm³/mol. The summed E-state index contributed by atoms with van der Waals surface area (Å²) in [6, 6.07) is 5.98. The summed E-state index contributed by atoms with van der Waals surface area (Å²) in [6.45, 7) is 5.41. The van der Waals surface area contributed by atoms with Crippen LogP contribution < -0.4 is 4.74 Å². The number of nitrogens with one attached hydrogen (secondary N) is 1. The zero-order valence-electron chi connectivity index (χ0n) is 26.8. The van der Waals surface area contributed by atoms with Crippen LogP contribution in [0.3, 0.4) is 0 Å². The third-order valence-corrected chi connectivity index (χ3v) is 8.16. The smallest absolute Gasteiger partial charge is 0.412 e. The van der Waals surface area contributed by atoms with Crippen molar-refractivity contribution < 1.29 is 25.2 Å². The molecular weight excluding hydrogens is 540 g/mol. The van der Waals surface area contributed by atoms with E-state index in [-0.39, 0.29) is 13.3 Å². The van der Waals surface area contributed by atoms with Gasteiger partial charge in [0.05, 0.1) is 7.11 Å². The van der Waals surface area contributed by atoms with Gasteiger partial charge in [-0.15, -0.1) is 0 Å². The number of hydrogen-bond donors (Lipinski definition) is 1. The highest BCUT2D eigenvalue weighted by atomic mass is 16.7. The van der Waals surface area contributed by atoms with E-state index in [0.29, 0.717) is 25.9 Å². The number of allylic oxidation sites excluding steroid dienone is 4. The van der Waals surface area contributed by atoms with Crippen LogP contribution in [0.15, 0.2) is 48.7 Å². The van der Waals surface area contributed by atoms with E-state index in [1.807, 2.05) is 31.3 Å². The Bertz CT molecular complexity index is 1160. The summed E-state index contributed by atoms with van der Waals surface area (Å²) in [7, 11) is 1.66. The van der Waals surface area contributed by atoms with Gasteiger partial charge in [-0.05, 0) is 75.1 Å². The summed E-state index contributed by atoms with van der Waals surface area (Å²) in [4.78, 5) is 30.5. The molecule has 1 amide bonds. The van der Waals surface area contributed by atoms with E-state index in [1.54, 1.807) is 12.0 Å². The van der Waals surface area contributed by atoms with Gasteiger partial charge in [-0.2, -0.15) is 0 Å². The van der Waals surface area contributed by atoms with Gasteiger partial charge in [0.1, 0.15) is 5.75 Å². The predicted octanol–water partition coefficient (Wildman–Crippen LogP) is 9.83. The highest BCUT2D eigenvalue weighted by Crippen LogP contribution is 2.34. The van der Waals surface area contributed by atoms with Gasteiger partial charge in [0, 0.05) is 50.4 Å². The monoisotopic (exact) mass is 596 g/mol. The lowest BCUT2D eigenvalue weighted by Gasteiger charge is -2.22. The molecule has 3 rings (SSSR count). The number of rotatable bonds is 20. The SMILES string of the molecule is CCCCC/C=C\C/C=C\CCCCCCCC(=O)OC(CCC)OC(=O)N1CC[C@@H](c2c[nH]c3ccc(OC)cc23)C1.[HH]. The molecule has 2 atom stereocenters. The van der Waals surface area contributed by atoms with Gasteiger partial charge in [0.25, 0.3) is 0 Å². The second-order valence-electron chi connectivity index (χ2n) is 11.7. The van der Waals surface area contributed by atoms with Crippen molar-refractivity contribution in [2.24, 2.45) is 0 Å². The van der Waals surface area contributed by atoms with E-state index in [0.717, 1.165) is 61.6 Å². The Morgan fingerprint density at radius 2 is 1.72 bits per heavy atom. The van der Waals surface area contributed by atoms with Gasteiger partial charge < -0.3 is 24.1 Å². The molecule has 0 aliphatic carbocycles. The molecule has 1 fully saturated rings. The first-order valence-corrected chi connectivity index (χ1v) is 16.7. The number of methoxy groups -OCH3 is 1. The van der Waals surface area contributed by atoms with Crippen LogP contribution in [0.4, 0.5) is 4.79 Å². The molecule has 7 heteroatoms. The number of fused-ring (bicyclic) bond motifs is 1. The minimum Gasteiger partial charge on any atom is -0.497 e. The fourth-order valence-electron chi connectivity index (χ4n) is 5.62. The molecule has 240 valence electrons. The Balaban J connectivity index is 0.00000675. The van der Waals surface area contributed by atoms with Crippen molar-refractivity contribution in [1.29, 1.82) is 0 Å². The second kappa shape index (κ2) is 19.9. The van der Waals surface area contributed by atoms with Crippen LogP contribution >= 0.6 is 0 Å². The number of nitrogens with zero attached hydrogens (tertiary/aromatic N) is 1. The van der Waals surface area contributed by atoms with Crippen LogP contribution in [0.2, 0.25) is 0 Å². The van der Waals surface area contributed by atoms with Crippen molar-refractivity contribution in [3.8, 4) is 5.75 Å². The number of aromatic amines is 1. The van der Waals surface area contributed by atoms with Crippen molar-refractivity contribution >= 4 is 23.0 Å². The Morgan fingerprint density at radius 1 is 0.977 bits per heavy atom. The topological polar surface area (TPSA) is 80.9 Å². The second-order valence-corrected chi connectivity index (χ2v) is 11.7. The number of esters is 1. The number of aromatic nitrogens is 1. The molecule has 1 unspecified atom stereocenters. The quantitative estimate of drug-likeness (QED) is 0.0712. The Morgan fingerprint density at radius 3 is 2.47 bits per heavy atom. The zero-order chi connectivity index (χ0) is 30.7. The van der Waals surface area contributed by atoms with E-state index in [9.17, 15) is 9.59 Å². The number of carbonyl (C=O) groups is 2. The molecule has 1 aliphatic rings. The van der Waals surface area contributed by atoms with E-state index in [2.05, 4.69) is 36.2 Å². The number of ether oxygens (including phenoxy) is 3. The highest BCUT2D eigenvalue weighted by Gasteiger charge is 2.31. The standard InChI is InChI=1S/C36H54N2O5.H2/c1-4-6-7-8-9-10-11-12-13-14-15-16-17-18-19-21-34(39)42-35(20-5-2)43-36(40)38-25-24-29(28-38)32-27-37-33-23-22-30(41-3)26-31(32)33;/h9-10,12-13,22-23,26-27,29,35,37H,4-8,11,14-21,24-25,28H2,1-3H3;1H/b10-9-,13-12-;/t29-,35?;/m1./s1. The summed E-state index contributed by atoms with van der Waals surface area (Å²) >= 11 is 0. The average molecular weight is 597 g/mol. The molecule has 1 aliphatic heterocycles. The summed E-state index contributed by atoms with van der Waals surface area (Å²) < 4.78 is 16.6. The molecule has 7 nitrogen and oxygen atoms in total. The number of amides is 1. The van der Waals surface area contributed by atoms with Crippen molar-refractivity contribution in [2.75, 3.05) is 20.2 Å². The maximum Gasteiger partial charge on any atom is 0.412 e. The molecule has 1 N–H and O–H groups in total. The lowest BCUT2D eigenvalue weighted by atomic mass is 9.98. The van der Waals surface area contributed by atoms with Crippen LogP contribution in [0.1, 0.15) is 123 Å². The average Bonchev–Trinajstić information content (AvgIpc) is 3.66. The number of unbranched alkanes of at least 4 members (excludes halogenated alkanes) is 8. The van der Waals surface area contributed by atoms with Crippen LogP contribution in [0.25, 0.3) is 10.9 Å². The lowest BCUT2D eigenvalue weighted by molar-refractivity contribution is -0.170. The first-order chi connectivity index (χ1) is 21.0. The Labute approximate surface area is 260 Å². The third kappa shape index (κ3) is 12.1. The minimum absolute atomic E-state index is 0. The Kier molecular flexibility index (Phi) is 15.8. The molecule has 1 saturated heterocycles. The van der Waals surface area contributed by atoms with Gasteiger partial charge >= 0.3 is 12.1 Å². The minimum atomic E-state index is -0.834. The zero-order valence-corrected chi connectivity index (χ0v) is 26.8. The van der Waals surface area contributed by atoms with Gasteiger partial charge in [0.15, 0.2) is 0 Å². The molecule has 2 heterocycles. The fraction of sp³-hybridized carbons (Fsp3) is 0.611. The van der Waals surface area contributed by atoms with Gasteiger partial charge in [-0.1, -0.05) is 70.3 Å². The van der Waals surface area contributed by atoms with Gasteiger partial charge in [0.2, 0.25) is 6.29 Å². The van der Waals surface area contributed by atoms with Crippen LogP contribution in [-0.4, -0.2) is 48.4 Å². The van der Waals surface area contributed by atoms with E-state index in [4.69, 9.17) is 14.2 Å². The largest absolute Gasteiger partial charge is 0.497 e. The molecule has 0 radical (unpaired) electrons. The molecule has 1 aromatic carbocycles. The first-order valence-electron chi connectivity index (χ1n) is 16.7. The van der Waals surface area contributed by atoms with Crippen molar-refractivity contribution in [3.63, 3.8) is 0 Å². The normalized spacial score (nSPS) is 16.0. The lowest BCUT2D eigenvalue weighted by Crippen LogP contribution is -2.34. The highest BCUT2D eigenvalue weighted by molar-refractivity contribution is 5.85. The molecule has 1 aromatic heterocycles. The number of H-pyrrole nitrogens is 1. The number of carbonyl (C=O) groups excluding carboxylic acids is 2. The maximum atomic E-state index is 13.0. The number of benzene rings is 1. The summed E-state index contributed by atoms with van der Waals surface area (Å²) in [6.07, 6.45) is 24.9. The van der Waals surface area contributed by atoms with Gasteiger partial charge in [-0.3, -0.25) is 4.79 Å². The van der Waals surface area contributed by atoms with Crippen molar-refractivity contribution in [2.45, 2.75) is 122 Å². The molecular formula is C36H56N2O5. The Hall–Kier alpha value is -3.22. The summed E-state index contributed by atoms with van der Waals surface area (Å²) in [5.74, 6) is 0.731. The molecule has 0 saturated carbocycles. The number of hydrogen-bond acceptors (Lipinski definition) is 5. The summed E-state index contributed by atoms with van der Waals surface area (Å²) in [5.41, 5.74) is 2.23. The molecule has 2 aromatic rings. The van der Waals surface area contributed by atoms with Crippen LogP contribution in [-0.2, 0) is 14.3 Å². The van der Waals surface area contributed by atoms with Crippen molar-refractivity contribution in [3.05, 3.63) is 54.3 Å². The van der Waals surface area contributed by atoms with E-state index in [1.165, 1.54) is 44.1 Å². The maximum absolute atomic E-state index is 13.0. The fourth-order valence-corrected chi connectivity index (χ4v) is 5.62. The van der Waals surface area contributed by atoms with Crippen LogP contribution in [0, 0.1) is 0 Å². The molecule has 43 heavy (non-hydrogen) atoms. The third-order valence-electron chi connectivity index (χ3n) is 8.16. The van der Waals surface area contributed by atoms with Gasteiger partial charge in [-0.25, -0.2) is 4.79 Å². The van der Waals surface area contributed by atoms with Crippen molar-refractivity contribution in [1.82, 2.24) is 9.88 Å². The number of likely N-dealkylation sites (tertiary alicyclic amines) is 1.